The first-order valence-corrected chi connectivity index (χ1v) is 8.17. The van der Waals surface area contributed by atoms with Crippen LogP contribution < -0.4 is 11.1 Å². The van der Waals surface area contributed by atoms with Gasteiger partial charge in [-0.05, 0) is 43.0 Å². The number of hydrogen-bond acceptors (Lipinski definition) is 3. The minimum atomic E-state index is 0.316. The van der Waals surface area contributed by atoms with E-state index in [0.717, 1.165) is 21.6 Å². The number of rotatable bonds is 4. The van der Waals surface area contributed by atoms with Gasteiger partial charge in [0, 0.05) is 24.2 Å². The Bertz CT molecular complexity index is 608. The van der Waals surface area contributed by atoms with Crippen molar-refractivity contribution >= 4 is 28.2 Å². The van der Waals surface area contributed by atoms with Gasteiger partial charge in [0.1, 0.15) is 0 Å². The van der Waals surface area contributed by atoms with Gasteiger partial charge in [-0.15, -0.1) is 0 Å². The molecule has 0 radical (unpaired) electrons. The number of benzene rings is 1. The lowest BCUT2D eigenvalue weighted by Crippen LogP contribution is -2.37. The van der Waals surface area contributed by atoms with Crippen molar-refractivity contribution in [1.29, 1.82) is 0 Å². The second-order valence-corrected chi connectivity index (χ2v) is 6.29. The number of anilines is 1. The molecule has 21 heavy (non-hydrogen) atoms. The fraction of sp³-hybridized carbons (Fsp3) is 0.471. The van der Waals surface area contributed by atoms with Gasteiger partial charge in [0.15, 0.2) is 0 Å². The predicted octanol–water partition coefficient (Wildman–Crippen LogP) is 4.21. The van der Waals surface area contributed by atoms with Gasteiger partial charge in [-0.1, -0.05) is 30.9 Å². The first-order valence-electron chi connectivity index (χ1n) is 7.79. The van der Waals surface area contributed by atoms with Gasteiger partial charge in [0.2, 0.25) is 0 Å². The quantitative estimate of drug-likeness (QED) is 0.889. The summed E-state index contributed by atoms with van der Waals surface area (Å²) in [7, 11) is 0. The molecule has 1 aromatic heterocycles. The fourth-order valence-electron chi connectivity index (χ4n) is 3.36. The number of hydrogen-bond donors (Lipinski definition) is 2. The zero-order valence-electron chi connectivity index (χ0n) is 12.2. The lowest BCUT2D eigenvalue weighted by atomic mass is 9.84. The van der Waals surface area contributed by atoms with Crippen molar-refractivity contribution in [2.24, 2.45) is 11.7 Å². The number of pyridine rings is 1. The summed E-state index contributed by atoms with van der Waals surface area (Å²) in [6.07, 6.45) is 8.35. The van der Waals surface area contributed by atoms with Crippen LogP contribution in [0.15, 0.2) is 30.5 Å². The Morgan fingerprint density at radius 2 is 2.05 bits per heavy atom. The van der Waals surface area contributed by atoms with E-state index in [2.05, 4.69) is 10.3 Å². The second kappa shape index (κ2) is 6.63. The van der Waals surface area contributed by atoms with Gasteiger partial charge in [-0.3, -0.25) is 4.98 Å². The normalized spacial score (nSPS) is 17.8. The molecule has 3 rings (SSSR count). The molecule has 1 aromatic carbocycles. The van der Waals surface area contributed by atoms with E-state index < -0.39 is 0 Å². The molecular weight excluding hydrogens is 282 g/mol. The number of nitrogens with two attached hydrogens (primary N) is 1. The number of aromatic nitrogens is 1. The number of nitrogens with one attached hydrogen (secondary N) is 1. The first kappa shape index (κ1) is 14.6. The van der Waals surface area contributed by atoms with Crippen LogP contribution in [0.3, 0.4) is 0 Å². The lowest BCUT2D eigenvalue weighted by molar-refractivity contribution is 0.320. The maximum Gasteiger partial charge on any atom is 0.0948 e. The summed E-state index contributed by atoms with van der Waals surface area (Å²) in [6, 6.07) is 8.19. The van der Waals surface area contributed by atoms with Crippen molar-refractivity contribution in [3.05, 3.63) is 35.5 Å². The van der Waals surface area contributed by atoms with Crippen LogP contribution in [0, 0.1) is 5.92 Å². The highest BCUT2D eigenvalue weighted by Crippen LogP contribution is 2.31. The van der Waals surface area contributed by atoms with E-state index in [1.807, 2.05) is 30.5 Å². The number of fused-ring (bicyclic) bond motifs is 1. The van der Waals surface area contributed by atoms with E-state index in [-0.39, 0.29) is 0 Å². The van der Waals surface area contributed by atoms with E-state index in [4.69, 9.17) is 17.3 Å². The average molecular weight is 304 g/mol. The standard InChI is InChI=1S/C17H22ClN3/c18-14-8-9-15(17-13(14)7-4-10-20-17)21-16(11-19)12-5-2-1-3-6-12/h4,7-10,12,16,21H,1-3,5-6,11,19H2. The Morgan fingerprint density at radius 3 is 2.81 bits per heavy atom. The van der Waals surface area contributed by atoms with Crippen molar-refractivity contribution in [1.82, 2.24) is 4.98 Å². The lowest BCUT2D eigenvalue weighted by Gasteiger charge is -2.31. The van der Waals surface area contributed by atoms with Crippen molar-refractivity contribution in [3.63, 3.8) is 0 Å². The maximum absolute atomic E-state index is 6.26. The molecule has 2 aromatic rings. The fourth-order valence-corrected chi connectivity index (χ4v) is 3.58. The molecule has 1 fully saturated rings. The summed E-state index contributed by atoms with van der Waals surface area (Å²) in [4.78, 5) is 4.49. The summed E-state index contributed by atoms with van der Waals surface area (Å²) >= 11 is 6.26. The molecule has 0 spiro atoms. The minimum Gasteiger partial charge on any atom is -0.379 e. The van der Waals surface area contributed by atoms with Crippen LogP contribution in [-0.2, 0) is 0 Å². The second-order valence-electron chi connectivity index (χ2n) is 5.88. The number of nitrogens with zero attached hydrogens (tertiary/aromatic N) is 1. The highest BCUT2D eigenvalue weighted by Gasteiger charge is 2.23. The van der Waals surface area contributed by atoms with Gasteiger partial charge in [-0.2, -0.15) is 0 Å². The summed E-state index contributed by atoms with van der Waals surface area (Å²) in [5.74, 6) is 0.665. The molecule has 112 valence electrons. The monoisotopic (exact) mass is 303 g/mol. The van der Waals surface area contributed by atoms with E-state index in [1.165, 1.54) is 32.1 Å². The summed E-state index contributed by atoms with van der Waals surface area (Å²) < 4.78 is 0. The van der Waals surface area contributed by atoms with Crippen LogP contribution in [0.25, 0.3) is 10.9 Å². The SMILES string of the molecule is NCC(Nc1ccc(Cl)c2cccnc12)C1CCCCC1. The Kier molecular flexibility index (Phi) is 4.61. The zero-order valence-corrected chi connectivity index (χ0v) is 12.9. The largest absolute Gasteiger partial charge is 0.379 e. The molecule has 0 bridgehead atoms. The van der Waals surface area contributed by atoms with Gasteiger partial charge in [0.05, 0.1) is 16.2 Å². The van der Waals surface area contributed by atoms with Crippen molar-refractivity contribution in [2.45, 2.75) is 38.1 Å². The molecule has 4 heteroatoms. The Hall–Kier alpha value is -1.32. The first-order chi connectivity index (χ1) is 10.3. The van der Waals surface area contributed by atoms with Crippen molar-refractivity contribution in [2.75, 3.05) is 11.9 Å². The van der Waals surface area contributed by atoms with Gasteiger partial charge in [-0.25, -0.2) is 0 Å². The molecule has 0 saturated heterocycles. The molecule has 3 N–H and O–H groups in total. The third-order valence-corrected chi connectivity index (χ3v) is 4.86. The predicted molar refractivity (Wildman–Crippen MR) is 89.8 cm³/mol. The third-order valence-electron chi connectivity index (χ3n) is 4.53. The van der Waals surface area contributed by atoms with Gasteiger partial charge < -0.3 is 11.1 Å². The van der Waals surface area contributed by atoms with Crippen LogP contribution in [0.2, 0.25) is 5.02 Å². The summed E-state index contributed by atoms with van der Waals surface area (Å²) in [5, 5.41) is 5.35. The van der Waals surface area contributed by atoms with E-state index in [9.17, 15) is 0 Å². The van der Waals surface area contributed by atoms with Crippen molar-refractivity contribution in [3.8, 4) is 0 Å². The molecule has 1 saturated carbocycles. The Balaban J connectivity index is 1.87. The summed E-state index contributed by atoms with van der Waals surface area (Å²) in [6.45, 7) is 0.654. The zero-order chi connectivity index (χ0) is 14.7. The molecular formula is C17H22ClN3. The molecule has 1 atom stereocenters. The molecule has 1 aliphatic carbocycles. The maximum atomic E-state index is 6.26. The Labute approximate surface area is 130 Å². The highest BCUT2D eigenvalue weighted by atomic mass is 35.5. The van der Waals surface area contributed by atoms with E-state index >= 15 is 0 Å². The third kappa shape index (κ3) is 3.14. The minimum absolute atomic E-state index is 0.316. The van der Waals surface area contributed by atoms with E-state index in [0.29, 0.717) is 18.5 Å². The molecule has 3 nitrogen and oxygen atoms in total. The van der Waals surface area contributed by atoms with Crippen LogP contribution in [0.1, 0.15) is 32.1 Å². The van der Waals surface area contributed by atoms with Gasteiger partial charge in [0.25, 0.3) is 0 Å². The van der Waals surface area contributed by atoms with Crippen LogP contribution in [-0.4, -0.2) is 17.6 Å². The molecule has 1 unspecified atom stereocenters. The Morgan fingerprint density at radius 1 is 1.24 bits per heavy atom. The van der Waals surface area contributed by atoms with Crippen LogP contribution >= 0.6 is 11.6 Å². The number of halogens is 1. The highest BCUT2D eigenvalue weighted by molar-refractivity contribution is 6.35. The van der Waals surface area contributed by atoms with E-state index in [1.54, 1.807) is 0 Å². The van der Waals surface area contributed by atoms with Gasteiger partial charge >= 0.3 is 0 Å². The molecule has 1 aliphatic rings. The van der Waals surface area contributed by atoms with Crippen LogP contribution in [0.4, 0.5) is 5.69 Å². The van der Waals surface area contributed by atoms with Crippen LogP contribution in [0.5, 0.6) is 0 Å². The average Bonchev–Trinajstić information content (AvgIpc) is 2.55. The molecule has 1 heterocycles. The smallest absolute Gasteiger partial charge is 0.0948 e. The molecule has 0 amide bonds. The topological polar surface area (TPSA) is 50.9 Å². The van der Waals surface area contributed by atoms with Crippen molar-refractivity contribution < 1.29 is 0 Å². The summed E-state index contributed by atoms with van der Waals surface area (Å²) in [5.41, 5.74) is 7.98. The molecule has 0 aliphatic heterocycles.